The highest BCUT2D eigenvalue weighted by atomic mass is 15.0. The molecule has 0 bridgehead atoms. The average Bonchev–Trinajstić information content (AvgIpc) is 4.09. The molecule has 298 valence electrons. The first-order valence-electron chi connectivity index (χ1n) is 22.0. The van der Waals surface area contributed by atoms with Crippen molar-refractivity contribution in [3.63, 3.8) is 0 Å². The summed E-state index contributed by atoms with van der Waals surface area (Å²) < 4.78 is 9.85. The lowest BCUT2D eigenvalue weighted by atomic mass is 10.0. The molecule has 14 aromatic rings. The van der Waals surface area contributed by atoms with E-state index < -0.39 is 0 Å². The maximum absolute atomic E-state index is 2.48. The number of aromatic nitrogens is 4. The molecule has 14 rings (SSSR count). The van der Waals surface area contributed by atoms with Crippen LogP contribution in [0.2, 0.25) is 0 Å². The van der Waals surface area contributed by atoms with Gasteiger partial charge in [0.05, 0.1) is 49.8 Å². The Morgan fingerprint density at radius 3 is 1.12 bits per heavy atom. The molecule has 0 amide bonds. The fraction of sp³-hybridized carbons (Fsp3) is 0. The molecule has 4 heterocycles. The molecule has 4 heteroatoms. The molecule has 0 N–H and O–H groups in total. The normalized spacial score (nSPS) is 12.1. The summed E-state index contributed by atoms with van der Waals surface area (Å²) in [5.41, 5.74) is 16.3. The number of benzene rings is 10. The molecule has 10 aromatic carbocycles. The number of rotatable bonds is 5. The van der Waals surface area contributed by atoms with E-state index >= 15 is 0 Å². The molecule has 0 fully saturated rings. The van der Waals surface area contributed by atoms with Crippen LogP contribution in [-0.2, 0) is 0 Å². The lowest BCUT2D eigenvalue weighted by Gasteiger charge is -2.16. The van der Waals surface area contributed by atoms with E-state index in [0.717, 1.165) is 39.2 Å². The summed E-state index contributed by atoms with van der Waals surface area (Å²) in [5.74, 6) is 0. The summed E-state index contributed by atoms with van der Waals surface area (Å²) in [4.78, 5) is 0. The molecule has 0 aliphatic carbocycles. The van der Waals surface area contributed by atoms with Crippen molar-refractivity contribution >= 4 is 87.2 Å². The Morgan fingerprint density at radius 1 is 0.203 bits per heavy atom. The summed E-state index contributed by atoms with van der Waals surface area (Å²) >= 11 is 0. The monoisotopic (exact) mass is 814 g/mol. The minimum Gasteiger partial charge on any atom is -0.309 e. The highest BCUT2D eigenvalue weighted by Crippen LogP contribution is 2.42. The Morgan fingerprint density at radius 2 is 0.594 bits per heavy atom. The third-order valence-corrected chi connectivity index (χ3v) is 13.5. The predicted molar refractivity (Wildman–Crippen MR) is 269 cm³/mol. The second-order valence-corrected chi connectivity index (χ2v) is 16.9. The lowest BCUT2D eigenvalue weighted by Crippen LogP contribution is -2.01. The molecule has 0 saturated heterocycles. The van der Waals surface area contributed by atoms with Gasteiger partial charge in [-0.2, -0.15) is 0 Å². The van der Waals surface area contributed by atoms with Crippen LogP contribution in [0.4, 0.5) is 0 Å². The topological polar surface area (TPSA) is 19.7 Å². The van der Waals surface area contributed by atoms with Gasteiger partial charge in [-0.05, 0) is 90.0 Å². The van der Waals surface area contributed by atoms with E-state index in [1.807, 2.05) is 0 Å². The third kappa shape index (κ3) is 4.93. The van der Waals surface area contributed by atoms with Crippen molar-refractivity contribution in [2.24, 2.45) is 0 Å². The fourth-order valence-corrected chi connectivity index (χ4v) is 10.9. The average molecular weight is 815 g/mol. The van der Waals surface area contributed by atoms with Gasteiger partial charge >= 0.3 is 0 Å². The number of fused-ring (bicyclic) bond motifs is 12. The highest BCUT2D eigenvalue weighted by Gasteiger charge is 2.22. The maximum Gasteiger partial charge on any atom is 0.0562 e. The van der Waals surface area contributed by atoms with E-state index in [4.69, 9.17) is 0 Å². The molecule has 0 saturated carbocycles. The number of hydrogen-bond donors (Lipinski definition) is 0. The van der Waals surface area contributed by atoms with Gasteiger partial charge in [0.1, 0.15) is 0 Å². The SMILES string of the molecule is c1ccc(-c2cc(-n3c4ccccc4c4ccc(-n5c6ccccc6c6ccccc65)cc43)cc(-n3c4ccccc4c4c(-n5c6ccccc6c6ccccc65)cccc43)c2)cc1. The number of nitrogens with zero attached hydrogens (tertiary/aromatic N) is 4. The summed E-state index contributed by atoms with van der Waals surface area (Å²) in [6.07, 6.45) is 0. The van der Waals surface area contributed by atoms with Crippen molar-refractivity contribution in [3.8, 4) is 33.9 Å². The lowest BCUT2D eigenvalue weighted by molar-refractivity contribution is 1.13. The van der Waals surface area contributed by atoms with Crippen molar-refractivity contribution < 1.29 is 0 Å². The molecule has 4 aromatic heterocycles. The fourth-order valence-electron chi connectivity index (χ4n) is 10.9. The Hall–Kier alpha value is -8.60. The predicted octanol–water partition coefficient (Wildman–Crippen LogP) is 15.7. The van der Waals surface area contributed by atoms with Gasteiger partial charge in [0.25, 0.3) is 0 Å². The Bertz CT molecular complexity index is 4060. The number of hydrogen-bond acceptors (Lipinski definition) is 0. The van der Waals surface area contributed by atoms with Gasteiger partial charge in [-0.3, -0.25) is 0 Å². The molecule has 0 unspecified atom stereocenters. The Kier molecular flexibility index (Phi) is 7.36. The number of para-hydroxylation sites is 6. The molecule has 64 heavy (non-hydrogen) atoms. The summed E-state index contributed by atoms with van der Waals surface area (Å²) in [5, 5.41) is 9.92. The van der Waals surface area contributed by atoms with Gasteiger partial charge in [-0.25, -0.2) is 0 Å². The molecule has 0 aliphatic heterocycles. The van der Waals surface area contributed by atoms with Crippen LogP contribution in [0.25, 0.3) is 121 Å². The minimum atomic E-state index is 1.10. The molecule has 0 aliphatic rings. The zero-order valence-corrected chi connectivity index (χ0v) is 34.7. The Balaban J connectivity index is 1.07. The smallest absolute Gasteiger partial charge is 0.0562 e. The summed E-state index contributed by atoms with van der Waals surface area (Å²) in [6, 6.07) is 84.6. The molecule has 0 spiro atoms. The largest absolute Gasteiger partial charge is 0.309 e. The van der Waals surface area contributed by atoms with Gasteiger partial charge in [0.2, 0.25) is 0 Å². The van der Waals surface area contributed by atoms with Gasteiger partial charge in [0.15, 0.2) is 0 Å². The third-order valence-electron chi connectivity index (χ3n) is 13.5. The van der Waals surface area contributed by atoms with Crippen molar-refractivity contribution in [1.82, 2.24) is 18.3 Å². The highest BCUT2D eigenvalue weighted by molar-refractivity contribution is 6.17. The first kappa shape index (κ1) is 35.0. The van der Waals surface area contributed by atoms with E-state index in [1.54, 1.807) is 0 Å². The van der Waals surface area contributed by atoms with Gasteiger partial charge in [-0.15, -0.1) is 0 Å². The molecule has 0 atom stereocenters. The van der Waals surface area contributed by atoms with Crippen LogP contribution in [0.15, 0.2) is 231 Å². The van der Waals surface area contributed by atoms with E-state index in [-0.39, 0.29) is 0 Å². The standard InChI is InChI=1S/C60H38N4/c1-2-17-39(18-3-1)40-35-42(62-56-30-15-9-24-50(56)60-57(62)31-16-32-58(60)64-54-28-13-7-21-46(54)47-22-8-14-29-55(47)64)37-43(36-40)63-53-27-12-6-23-48(53)49-34-33-41(38-59(49)63)61-51-25-10-4-19-44(51)45-20-5-11-26-52(45)61/h1-38H. The van der Waals surface area contributed by atoms with E-state index in [2.05, 4.69) is 249 Å². The molecule has 4 nitrogen and oxygen atoms in total. The zero-order valence-electron chi connectivity index (χ0n) is 34.7. The van der Waals surface area contributed by atoms with E-state index in [9.17, 15) is 0 Å². The minimum absolute atomic E-state index is 1.10. The zero-order chi connectivity index (χ0) is 41.9. The molecular weight excluding hydrogens is 777 g/mol. The van der Waals surface area contributed by atoms with Gasteiger partial charge < -0.3 is 18.3 Å². The second-order valence-electron chi connectivity index (χ2n) is 16.9. The van der Waals surface area contributed by atoms with E-state index in [1.165, 1.54) is 81.9 Å². The van der Waals surface area contributed by atoms with Crippen LogP contribution in [0, 0.1) is 0 Å². The van der Waals surface area contributed by atoms with Crippen molar-refractivity contribution in [1.29, 1.82) is 0 Å². The van der Waals surface area contributed by atoms with Crippen molar-refractivity contribution in [3.05, 3.63) is 231 Å². The first-order chi connectivity index (χ1) is 31.8. The van der Waals surface area contributed by atoms with Crippen LogP contribution in [0.1, 0.15) is 0 Å². The quantitative estimate of drug-likeness (QED) is 0.165. The van der Waals surface area contributed by atoms with Gasteiger partial charge in [-0.1, -0.05) is 152 Å². The summed E-state index contributed by atoms with van der Waals surface area (Å²) in [6.45, 7) is 0. The van der Waals surface area contributed by atoms with E-state index in [0.29, 0.717) is 0 Å². The Labute approximate surface area is 368 Å². The van der Waals surface area contributed by atoms with Gasteiger partial charge in [0, 0.05) is 60.2 Å². The van der Waals surface area contributed by atoms with Crippen LogP contribution in [-0.4, -0.2) is 18.3 Å². The van der Waals surface area contributed by atoms with Crippen LogP contribution < -0.4 is 0 Å². The van der Waals surface area contributed by atoms with Crippen LogP contribution >= 0.6 is 0 Å². The summed E-state index contributed by atoms with van der Waals surface area (Å²) in [7, 11) is 0. The van der Waals surface area contributed by atoms with Crippen LogP contribution in [0.3, 0.4) is 0 Å². The molecule has 0 radical (unpaired) electrons. The van der Waals surface area contributed by atoms with Crippen molar-refractivity contribution in [2.45, 2.75) is 0 Å². The molecular formula is C60H38N4. The second kappa shape index (κ2) is 13.4. The maximum atomic E-state index is 2.48. The van der Waals surface area contributed by atoms with Crippen molar-refractivity contribution in [2.75, 3.05) is 0 Å². The first-order valence-corrected chi connectivity index (χ1v) is 22.0. The van der Waals surface area contributed by atoms with Crippen LogP contribution in [0.5, 0.6) is 0 Å².